The maximum atomic E-state index is 11.3. The molecule has 94 valence electrons. The summed E-state index contributed by atoms with van der Waals surface area (Å²) in [7, 11) is 0. The lowest BCUT2D eigenvalue weighted by Crippen LogP contribution is -2.29. The largest absolute Gasteiger partial charge is 0.494 e. The van der Waals surface area contributed by atoms with Crippen molar-refractivity contribution in [1.82, 2.24) is 5.32 Å². The quantitative estimate of drug-likeness (QED) is 0.650. The first-order valence-electron chi connectivity index (χ1n) is 5.69. The number of amides is 1. The number of likely N-dealkylation sites (N-methyl/N-ethyl adjacent to an activating group) is 1. The minimum Gasteiger partial charge on any atom is -0.494 e. The molecule has 5 nitrogen and oxygen atoms in total. The Morgan fingerprint density at radius 1 is 1.35 bits per heavy atom. The molecule has 1 rings (SSSR count). The molecule has 0 unspecified atom stereocenters. The summed E-state index contributed by atoms with van der Waals surface area (Å²) in [5.41, 5.74) is 7.12. The van der Waals surface area contributed by atoms with E-state index in [9.17, 15) is 4.79 Å². The first-order valence-corrected chi connectivity index (χ1v) is 5.69. The summed E-state index contributed by atoms with van der Waals surface area (Å²) < 4.78 is 5.36. The lowest BCUT2D eigenvalue weighted by Gasteiger charge is -2.10. The lowest BCUT2D eigenvalue weighted by atomic mass is 10.2. The second-order valence-corrected chi connectivity index (χ2v) is 3.53. The molecule has 0 aromatic heterocycles. The number of nitrogens with one attached hydrogen (secondary N) is 2. The Morgan fingerprint density at radius 2 is 2.12 bits per heavy atom. The maximum Gasteiger partial charge on any atom is 0.239 e. The molecule has 0 aliphatic heterocycles. The van der Waals surface area contributed by atoms with Gasteiger partial charge in [0.15, 0.2) is 0 Å². The zero-order chi connectivity index (χ0) is 12.7. The highest BCUT2D eigenvalue weighted by molar-refractivity contribution is 5.80. The monoisotopic (exact) mass is 237 g/mol. The molecule has 0 radical (unpaired) electrons. The Hall–Kier alpha value is -1.91. The number of benzene rings is 1. The van der Waals surface area contributed by atoms with Crippen molar-refractivity contribution in [2.45, 2.75) is 13.8 Å². The third-order valence-electron chi connectivity index (χ3n) is 2.07. The van der Waals surface area contributed by atoms with Gasteiger partial charge in [0.1, 0.15) is 5.75 Å². The Labute approximate surface area is 101 Å². The van der Waals surface area contributed by atoms with Crippen molar-refractivity contribution in [3.05, 3.63) is 18.2 Å². The van der Waals surface area contributed by atoms with Gasteiger partial charge >= 0.3 is 0 Å². The molecule has 0 aliphatic carbocycles. The fourth-order valence-corrected chi connectivity index (χ4v) is 1.42. The predicted molar refractivity (Wildman–Crippen MR) is 69.2 cm³/mol. The van der Waals surface area contributed by atoms with Crippen LogP contribution >= 0.6 is 0 Å². The van der Waals surface area contributed by atoms with Crippen LogP contribution in [0, 0.1) is 0 Å². The number of nitrogens with two attached hydrogens (primary N) is 1. The summed E-state index contributed by atoms with van der Waals surface area (Å²) in [6, 6.07) is 5.33. The van der Waals surface area contributed by atoms with Gasteiger partial charge in [0, 0.05) is 30.1 Å². The minimum absolute atomic E-state index is 0.0483. The zero-order valence-electron chi connectivity index (χ0n) is 10.2. The van der Waals surface area contributed by atoms with E-state index in [1.807, 2.05) is 19.9 Å². The van der Waals surface area contributed by atoms with E-state index in [2.05, 4.69) is 10.6 Å². The van der Waals surface area contributed by atoms with Crippen molar-refractivity contribution in [3.8, 4) is 5.75 Å². The number of hydrogen-bond acceptors (Lipinski definition) is 4. The van der Waals surface area contributed by atoms with E-state index in [-0.39, 0.29) is 12.5 Å². The van der Waals surface area contributed by atoms with Gasteiger partial charge in [-0.3, -0.25) is 4.79 Å². The molecule has 1 aromatic carbocycles. The third-order valence-corrected chi connectivity index (χ3v) is 2.07. The van der Waals surface area contributed by atoms with Crippen molar-refractivity contribution >= 4 is 17.3 Å². The molecule has 17 heavy (non-hydrogen) atoms. The molecule has 0 fully saturated rings. The molecular formula is C12H19N3O2. The smallest absolute Gasteiger partial charge is 0.239 e. The Morgan fingerprint density at radius 3 is 2.76 bits per heavy atom. The van der Waals surface area contributed by atoms with Crippen LogP contribution in [0.15, 0.2) is 18.2 Å². The molecule has 1 aromatic rings. The van der Waals surface area contributed by atoms with Gasteiger partial charge in [-0.05, 0) is 19.9 Å². The summed E-state index contributed by atoms with van der Waals surface area (Å²) in [4.78, 5) is 11.3. The van der Waals surface area contributed by atoms with Gasteiger partial charge in [-0.25, -0.2) is 0 Å². The predicted octanol–water partition coefficient (Wildman–Crippen LogP) is 1.22. The van der Waals surface area contributed by atoms with E-state index in [4.69, 9.17) is 10.5 Å². The molecular weight excluding hydrogens is 218 g/mol. The fraction of sp³-hybridized carbons (Fsp3) is 0.417. The lowest BCUT2D eigenvalue weighted by molar-refractivity contribution is -0.119. The van der Waals surface area contributed by atoms with Crippen LogP contribution in [0.1, 0.15) is 13.8 Å². The van der Waals surface area contributed by atoms with E-state index in [0.717, 1.165) is 5.69 Å². The molecule has 0 aliphatic rings. The normalized spacial score (nSPS) is 9.76. The standard InChI is InChI=1S/C12H19N3O2/c1-3-14-12(16)8-15-10-5-9(13)6-11(7-10)17-4-2/h5-7,15H,3-4,8,13H2,1-2H3,(H,14,16). The van der Waals surface area contributed by atoms with E-state index >= 15 is 0 Å². The van der Waals surface area contributed by atoms with Crippen LogP contribution in [-0.4, -0.2) is 25.6 Å². The summed E-state index contributed by atoms with van der Waals surface area (Å²) in [6.45, 7) is 5.22. The molecule has 0 spiro atoms. The molecule has 4 N–H and O–H groups in total. The average molecular weight is 237 g/mol. The van der Waals surface area contributed by atoms with Crippen molar-refractivity contribution < 1.29 is 9.53 Å². The number of ether oxygens (including phenoxy) is 1. The van der Waals surface area contributed by atoms with Crippen LogP contribution < -0.4 is 21.1 Å². The maximum absolute atomic E-state index is 11.3. The summed E-state index contributed by atoms with van der Waals surface area (Å²) in [5.74, 6) is 0.652. The van der Waals surface area contributed by atoms with Crippen LogP contribution in [-0.2, 0) is 4.79 Å². The first-order chi connectivity index (χ1) is 8.15. The van der Waals surface area contributed by atoms with Crippen molar-refractivity contribution in [2.24, 2.45) is 0 Å². The van der Waals surface area contributed by atoms with Crippen molar-refractivity contribution in [3.63, 3.8) is 0 Å². The van der Waals surface area contributed by atoms with E-state index in [1.54, 1.807) is 12.1 Å². The zero-order valence-corrected chi connectivity index (χ0v) is 10.2. The molecule has 0 atom stereocenters. The van der Waals surface area contributed by atoms with Crippen LogP contribution in [0.3, 0.4) is 0 Å². The number of hydrogen-bond donors (Lipinski definition) is 3. The number of anilines is 2. The molecule has 0 bridgehead atoms. The van der Waals surface area contributed by atoms with Crippen LogP contribution in [0.2, 0.25) is 0 Å². The summed E-state index contributed by atoms with van der Waals surface area (Å²) in [6.07, 6.45) is 0. The fourth-order valence-electron chi connectivity index (χ4n) is 1.42. The highest BCUT2D eigenvalue weighted by Crippen LogP contribution is 2.22. The highest BCUT2D eigenvalue weighted by atomic mass is 16.5. The molecule has 0 saturated heterocycles. The number of carbonyl (C=O) groups is 1. The number of rotatable bonds is 6. The summed E-state index contributed by atoms with van der Waals surface area (Å²) >= 11 is 0. The van der Waals surface area contributed by atoms with Crippen LogP contribution in [0.4, 0.5) is 11.4 Å². The summed E-state index contributed by atoms with van der Waals surface area (Å²) in [5, 5.41) is 5.70. The van der Waals surface area contributed by atoms with Gasteiger partial charge in [0.2, 0.25) is 5.91 Å². The Balaban J connectivity index is 2.61. The third kappa shape index (κ3) is 4.63. The molecule has 0 saturated carbocycles. The van der Waals surface area contributed by atoms with Crippen molar-refractivity contribution in [2.75, 3.05) is 30.7 Å². The van der Waals surface area contributed by atoms with Gasteiger partial charge in [-0.15, -0.1) is 0 Å². The molecule has 1 amide bonds. The van der Waals surface area contributed by atoms with E-state index in [1.165, 1.54) is 0 Å². The number of carbonyl (C=O) groups excluding carboxylic acids is 1. The average Bonchev–Trinajstić information content (AvgIpc) is 2.26. The van der Waals surface area contributed by atoms with Crippen LogP contribution in [0.25, 0.3) is 0 Å². The first kappa shape index (κ1) is 13.2. The van der Waals surface area contributed by atoms with Gasteiger partial charge in [-0.2, -0.15) is 0 Å². The highest BCUT2D eigenvalue weighted by Gasteiger charge is 2.02. The Kier molecular flexibility index (Phi) is 5.13. The van der Waals surface area contributed by atoms with Crippen molar-refractivity contribution in [1.29, 1.82) is 0 Å². The van der Waals surface area contributed by atoms with E-state index < -0.39 is 0 Å². The van der Waals surface area contributed by atoms with Gasteiger partial charge in [0.25, 0.3) is 0 Å². The second kappa shape index (κ2) is 6.62. The Bertz CT molecular complexity index is 380. The van der Waals surface area contributed by atoms with Gasteiger partial charge in [0.05, 0.1) is 13.2 Å². The van der Waals surface area contributed by atoms with Gasteiger partial charge in [-0.1, -0.05) is 0 Å². The molecule has 5 heteroatoms. The number of nitrogen functional groups attached to an aromatic ring is 1. The second-order valence-electron chi connectivity index (χ2n) is 3.53. The van der Waals surface area contributed by atoms with Crippen LogP contribution in [0.5, 0.6) is 5.75 Å². The SMILES string of the molecule is CCNC(=O)CNc1cc(N)cc(OCC)c1. The molecule has 0 heterocycles. The minimum atomic E-state index is -0.0483. The van der Waals surface area contributed by atoms with E-state index in [0.29, 0.717) is 24.6 Å². The topological polar surface area (TPSA) is 76.4 Å². The van der Waals surface area contributed by atoms with Gasteiger partial charge < -0.3 is 21.1 Å².